The van der Waals surface area contributed by atoms with Crippen molar-refractivity contribution in [1.29, 1.82) is 0 Å². The summed E-state index contributed by atoms with van der Waals surface area (Å²) in [6.45, 7) is 12.5. The molecule has 0 saturated carbocycles. The van der Waals surface area contributed by atoms with E-state index in [0.29, 0.717) is 5.75 Å². The fourth-order valence-corrected chi connectivity index (χ4v) is 2.14. The molecule has 0 heterocycles. The van der Waals surface area contributed by atoms with Gasteiger partial charge in [0.15, 0.2) is 0 Å². The van der Waals surface area contributed by atoms with Crippen LogP contribution in [0.5, 0.6) is 5.75 Å². The van der Waals surface area contributed by atoms with Gasteiger partial charge < -0.3 is 10.2 Å². The van der Waals surface area contributed by atoms with Crippen LogP contribution in [0.25, 0.3) is 0 Å². The molecular formula is C16H26O2. The molecule has 0 saturated heterocycles. The highest BCUT2D eigenvalue weighted by atomic mass is 16.3. The minimum absolute atomic E-state index is 0.0752. The molecule has 2 nitrogen and oxygen atoms in total. The lowest BCUT2D eigenvalue weighted by Crippen LogP contribution is -2.20. The number of aliphatic hydroxyl groups is 1. The SMILES string of the molecule is Cc1cc(CC(C)(C)CO)cc(C(C)(C)C)c1O. The van der Waals surface area contributed by atoms with Crippen LogP contribution in [0.15, 0.2) is 12.1 Å². The van der Waals surface area contributed by atoms with E-state index < -0.39 is 0 Å². The van der Waals surface area contributed by atoms with Gasteiger partial charge in [-0.1, -0.05) is 46.8 Å². The quantitative estimate of drug-likeness (QED) is 0.861. The number of aryl methyl sites for hydroxylation is 1. The van der Waals surface area contributed by atoms with Crippen molar-refractivity contribution in [3.63, 3.8) is 0 Å². The lowest BCUT2D eigenvalue weighted by molar-refractivity contribution is 0.159. The first-order chi connectivity index (χ1) is 8.07. The largest absolute Gasteiger partial charge is 0.507 e. The average molecular weight is 250 g/mol. The zero-order valence-corrected chi connectivity index (χ0v) is 12.5. The average Bonchev–Trinajstić information content (AvgIpc) is 2.21. The number of aliphatic hydroxyl groups excluding tert-OH is 1. The number of benzene rings is 1. The molecule has 0 amide bonds. The second kappa shape index (κ2) is 4.93. The van der Waals surface area contributed by atoms with Crippen molar-refractivity contribution >= 4 is 0 Å². The summed E-state index contributed by atoms with van der Waals surface area (Å²) in [6.07, 6.45) is 0.813. The molecule has 1 aromatic carbocycles. The van der Waals surface area contributed by atoms with Crippen molar-refractivity contribution in [2.75, 3.05) is 6.61 Å². The predicted octanol–water partition coefficient (Wildman–Crippen LogP) is 3.56. The first-order valence-corrected chi connectivity index (χ1v) is 6.51. The van der Waals surface area contributed by atoms with Gasteiger partial charge in [-0.3, -0.25) is 0 Å². The maximum absolute atomic E-state index is 10.2. The molecule has 0 atom stereocenters. The van der Waals surface area contributed by atoms with Crippen LogP contribution in [-0.4, -0.2) is 16.8 Å². The summed E-state index contributed by atoms with van der Waals surface area (Å²) >= 11 is 0. The predicted molar refractivity (Wildman–Crippen MR) is 76.1 cm³/mol. The maximum atomic E-state index is 10.2. The Bertz CT molecular complexity index is 425. The van der Waals surface area contributed by atoms with Gasteiger partial charge in [0.1, 0.15) is 5.75 Å². The van der Waals surface area contributed by atoms with Gasteiger partial charge in [0.05, 0.1) is 0 Å². The summed E-state index contributed by atoms with van der Waals surface area (Å²) in [7, 11) is 0. The molecule has 0 aromatic heterocycles. The van der Waals surface area contributed by atoms with Crippen LogP contribution in [0.2, 0.25) is 0 Å². The molecule has 1 rings (SSSR count). The topological polar surface area (TPSA) is 40.5 Å². The first-order valence-electron chi connectivity index (χ1n) is 6.51. The molecule has 1 aromatic rings. The van der Waals surface area contributed by atoms with E-state index in [4.69, 9.17) is 0 Å². The fraction of sp³-hybridized carbons (Fsp3) is 0.625. The van der Waals surface area contributed by atoms with Crippen LogP contribution in [0, 0.1) is 12.3 Å². The van der Waals surface area contributed by atoms with Crippen LogP contribution >= 0.6 is 0 Å². The van der Waals surface area contributed by atoms with Crippen LogP contribution < -0.4 is 0 Å². The summed E-state index contributed by atoms with van der Waals surface area (Å²) in [5.41, 5.74) is 2.86. The van der Waals surface area contributed by atoms with Gasteiger partial charge in [0.2, 0.25) is 0 Å². The highest BCUT2D eigenvalue weighted by Crippen LogP contribution is 2.35. The Morgan fingerprint density at radius 3 is 2.06 bits per heavy atom. The highest BCUT2D eigenvalue weighted by molar-refractivity contribution is 5.46. The minimum Gasteiger partial charge on any atom is -0.507 e. The van der Waals surface area contributed by atoms with Crippen LogP contribution in [0.1, 0.15) is 51.3 Å². The molecule has 2 N–H and O–H groups in total. The van der Waals surface area contributed by atoms with Crippen molar-refractivity contribution in [3.8, 4) is 5.75 Å². The van der Waals surface area contributed by atoms with Gasteiger partial charge in [0.25, 0.3) is 0 Å². The highest BCUT2D eigenvalue weighted by Gasteiger charge is 2.23. The van der Waals surface area contributed by atoms with Gasteiger partial charge in [0, 0.05) is 6.61 Å². The Morgan fingerprint density at radius 1 is 1.06 bits per heavy atom. The molecule has 102 valence electrons. The zero-order chi connectivity index (χ0) is 14.1. The van der Waals surface area contributed by atoms with Gasteiger partial charge in [-0.25, -0.2) is 0 Å². The molecule has 0 aliphatic rings. The van der Waals surface area contributed by atoms with Crippen LogP contribution in [-0.2, 0) is 11.8 Å². The van der Waals surface area contributed by atoms with Crippen molar-refractivity contribution in [3.05, 3.63) is 28.8 Å². The van der Waals surface area contributed by atoms with Crippen LogP contribution in [0.4, 0.5) is 0 Å². The second-order valence-electron chi connectivity index (χ2n) is 7.06. The molecule has 18 heavy (non-hydrogen) atoms. The number of phenols is 1. The third-order valence-corrected chi connectivity index (χ3v) is 3.28. The lowest BCUT2D eigenvalue weighted by atomic mass is 9.81. The number of rotatable bonds is 3. The summed E-state index contributed by atoms with van der Waals surface area (Å²) in [6, 6.07) is 4.09. The molecule has 2 heteroatoms. The molecular weight excluding hydrogens is 224 g/mol. The summed E-state index contributed by atoms with van der Waals surface area (Å²) in [5, 5.41) is 19.5. The van der Waals surface area contributed by atoms with Crippen molar-refractivity contribution in [2.24, 2.45) is 5.41 Å². The number of hydrogen-bond donors (Lipinski definition) is 2. The van der Waals surface area contributed by atoms with E-state index in [2.05, 4.69) is 26.8 Å². The molecule has 0 bridgehead atoms. The lowest BCUT2D eigenvalue weighted by Gasteiger charge is -2.26. The molecule has 0 fully saturated rings. The number of hydrogen-bond acceptors (Lipinski definition) is 2. The molecule has 0 unspecified atom stereocenters. The van der Waals surface area contributed by atoms with Gasteiger partial charge in [-0.15, -0.1) is 0 Å². The summed E-state index contributed by atoms with van der Waals surface area (Å²) < 4.78 is 0. The Hall–Kier alpha value is -1.02. The van der Waals surface area contributed by atoms with Crippen molar-refractivity contribution in [1.82, 2.24) is 0 Å². The molecule has 0 spiro atoms. The number of phenolic OH excluding ortho intramolecular Hbond substituents is 1. The Kier molecular flexibility index (Phi) is 4.12. The summed E-state index contributed by atoms with van der Waals surface area (Å²) in [4.78, 5) is 0. The third-order valence-electron chi connectivity index (χ3n) is 3.28. The second-order valence-corrected chi connectivity index (χ2v) is 7.06. The van der Waals surface area contributed by atoms with Crippen molar-refractivity contribution in [2.45, 2.75) is 53.4 Å². The normalized spacial score (nSPS) is 12.8. The van der Waals surface area contributed by atoms with E-state index in [1.165, 1.54) is 5.56 Å². The van der Waals surface area contributed by atoms with Gasteiger partial charge >= 0.3 is 0 Å². The number of aromatic hydroxyl groups is 1. The summed E-state index contributed by atoms with van der Waals surface area (Å²) in [5.74, 6) is 0.396. The molecule has 0 aliphatic carbocycles. The standard InChI is InChI=1S/C16H26O2/c1-11-7-12(9-16(5,6)10-17)8-13(14(11)18)15(2,3)4/h7-8,17-18H,9-10H2,1-6H3. The smallest absolute Gasteiger partial charge is 0.122 e. The Morgan fingerprint density at radius 2 is 1.61 bits per heavy atom. The first kappa shape index (κ1) is 15.0. The van der Waals surface area contributed by atoms with Crippen molar-refractivity contribution < 1.29 is 10.2 Å². The maximum Gasteiger partial charge on any atom is 0.122 e. The van der Waals surface area contributed by atoms with E-state index >= 15 is 0 Å². The van der Waals surface area contributed by atoms with Crippen LogP contribution in [0.3, 0.4) is 0 Å². The minimum atomic E-state index is -0.126. The van der Waals surface area contributed by atoms with Gasteiger partial charge in [-0.2, -0.15) is 0 Å². The fourth-order valence-electron chi connectivity index (χ4n) is 2.14. The van der Waals surface area contributed by atoms with Gasteiger partial charge in [-0.05, 0) is 40.9 Å². The molecule has 0 aliphatic heterocycles. The monoisotopic (exact) mass is 250 g/mol. The van der Waals surface area contributed by atoms with E-state index in [1.54, 1.807) is 0 Å². The van der Waals surface area contributed by atoms with E-state index in [1.807, 2.05) is 26.8 Å². The van der Waals surface area contributed by atoms with E-state index in [0.717, 1.165) is 17.5 Å². The van der Waals surface area contributed by atoms with E-state index in [9.17, 15) is 10.2 Å². The molecule has 0 radical (unpaired) electrons. The van der Waals surface area contributed by atoms with E-state index in [-0.39, 0.29) is 17.4 Å². The zero-order valence-electron chi connectivity index (χ0n) is 12.5. The third kappa shape index (κ3) is 3.49. The Balaban J connectivity index is 3.21. The Labute approximate surface area is 111 Å².